The summed E-state index contributed by atoms with van der Waals surface area (Å²) < 4.78 is 5.34. The van der Waals surface area contributed by atoms with E-state index in [1.807, 2.05) is 6.92 Å². The minimum absolute atomic E-state index is 0. The zero-order chi connectivity index (χ0) is 15.9. The van der Waals surface area contributed by atoms with Crippen LogP contribution in [0.3, 0.4) is 0 Å². The quantitative estimate of drug-likeness (QED) is 0.798. The summed E-state index contributed by atoms with van der Waals surface area (Å²) in [4.78, 5) is 12.2. The fraction of sp³-hybridized carbons (Fsp3) is 0.765. The predicted molar refractivity (Wildman–Crippen MR) is 93.7 cm³/mol. The van der Waals surface area contributed by atoms with E-state index in [9.17, 15) is 4.79 Å². The smallest absolute Gasteiger partial charge is 0.220 e. The first kappa shape index (κ1) is 20.0. The molecule has 0 radical (unpaired) electrons. The Morgan fingerprint density at radius 3 is 2.65 bits per heavy atom. The Balaban J connectivity index is 0.00000264. The number of piperidine rings is 1. The van der Waals surface area contributed by atoms with Gasteiger partial charge in [0.05, 0.1) is 5.69 Å². The van der Waals surface area contributed by atoms with Gasteiger partial charge in [0.15, 0.2) is 0 Å². The second-order valence-corrected chi connectivity index (χ2v) is 6.28. The third-order valence-electron chi connectivity index (χ3n) is 4.77. The fourth-order valence-corrected chi connectivity index (χ4v) is 3.27. The number of carbonyl (C=O) groups excluding carboxylic acids is 1. The van der Waals surface area contributed by atoms with Crippen molar-refractivity contribution in [3.05, 3.63) is 17.0 Å². The first-order valence-corrected chi connectivity index (χ1v) is 8.59. The highest BCUT2D eigenvalue weighted by atomic mass is 35.5. The molecule has 1 unspecified atom stereocenters. The van der Waals surface area contributed by atoms with Crippen LogP contribution in [0.1, 0.15) is 57.1 Å². The van der Waals surface area contributed by atoms with Gasteiger partial charge in [0.2, 0.25) is 5.91 Å². The minimum atomic E-state index is 0. The molecule has 2 N–H and O–H groups in total. The molecule has 23 heavy (non-hydrogen) atoms. The van der Waals surface area contributed by atoms with Crippen molar-refractivity contribution in [1.82, 2.24) is 15.8 Å². The standard InChI is InChI=1S/C17H29N3O2.ClH/c1-4-15-14(16(5-2)22-20-15)11-19-17(21)10-12(3)13-6-8-18-9-7-13;/h12-13,18H,4-11H2,1-3H3,(H,19,21);1H. The van der Waals surface area contributed by atoms with Gasteiger partial charge in [0, 0.05) is 24.9 Å². The van der Waals surface area contributed by atoms with E-state index in [0.29, 0.717) is 24.8 Å². The third-order valence-corrected chi connectivity index (χ3v) is 4.77. The number of amides is 1. The molecule has 5 nitrogen and oxygen atoms in total. The molecule has 1 aliphatic heterocycles. The van der Waals surface area contributed by atoms with Gasteiger partial charge in [-0.05, 0) is 44.2 Å². The summed E-state index contributed by atoms with van der Waals surface area (Å²) in [6, 6.07) is 0. The molecule has 0 aromatic carbocycles. The predicted octanol–water partition coefficient (Wildman–Crippen LogP) is 2.86. The van der Waals surface area contributed by atoms with Gasteiger partial charge < -0.3 is 15.2 Å². The summed E-state index contributed by atoms with van der Waals surface area (Å²) in [6.45, 7) is 9.00. The van der Waals surface area contributed by atoms with E-state index in [2.05, 4.69) is 29.6 Å². The molecule has 2 rings (SSSR count). The van der Waals surface area contributed by atoms with Gasteiger partial charge in [-0.1, -0.05) is 25.9 Å². The Morgan fingerprint density at radius 2 is 2.04 bits per heavy atom. The molecule has 2 heterocycles. The SMILES string of the molecule is CCc1noc(CC)c1CNC(=O)CC(C)C1CCNCC1.Cl. The second kappa shape index (κ2) is 9.93. The van der Waals surface area contributed by atoms with Crippen molar-refractivity contribution < 1.29 is 9.32 Å². The van der Waals surface area contributed by atoms with Crippen LogP contribution in [0.5, 0.6) is 0 Å². The summed E-state index contributed by atoms with van der Waals surface area (Å²) in [7, 11) is 0. The summed E-state index contributed by atoms with van der Waals surface area (Å²) in [5.41, 5.74) is 2.02. The Kier molecular flexibility index (Phi) is 8.63. The van der Waals surface area contributed by atoms with Crippen molar-refractivity contribution in [2.75, 3.05) is 13.1 Å². The molecule has 1 fully saturated rings. The lowest BCUT2D eigenvalue weighted by Crippen LogP contribution is -2.33. The van der Waals surface area contributed by atoms with Gasteiger partial charge in [-0.3, -0.25) is 4.79 Å². The average molecular weight is 344 g/mol. The molecule has 1 aromatic heterocycles. The Labute approximate surface area is 145 Å². The molecule has 0 bridgehead atoms. The molecule has 1 aliphatic rings. The summed E-state index contributed by atoms with van der Waals surface area (Å²) in [6.07, 6.45) is 4.61. The van der Waals surface area contributed by atoms with E-state index in [0.717, 1.165) is 42.9 Å². The lowest BCUT2D eigenvalue weighted by molar-refractivity contribution is -0.122. The number of aromatic nitrogens is 1. The molecule has 0 aliphatic carbocycles. The summed E-state index contributed by atoms with van der Waals surface area (Å²) >= 11 is 0. The number of aryl methyl sites for hydroxylation is 2. The van der Waals surface area contributed by atoms with E-state index in [4.69, 9.17) is 4.52 Å². The van der Waals surface area contributed by atoms with Crippen LogP contribution in [0.4, 0.5) is 0 Å². The molecule has 0 spiro atoms. The summed E-state index contributed by atoms with van der Waals surface area (Å²) in [5.74, 6) is 2.14. The normalized spacial score (nSPS) is 16.7. The van der Waals surface area contributed by atoms with E-state index < -0.39 is 0 Å². The van der Waals surface area contributed by atoms with Crippen molar-refractivity contribution in [2.45, 2.75) is 59.4 Å². The van der Waals surface area contributed by atoms with Gasteiger partial charge in [0.1, 0.15) is 5.76 Å². The van der Waals surface area contributed by atoms with Gasteiger partial charge in [-0.15, -0.1) is 12.4 Å². The third kappa shape index (κ3) is 5.50. The van der Waals surface area contributed by atoms with Crippen molar-refractivity contribution in [3.63, 3.8) is 0 Å². The zero-order valence-electron chi connectivity index (χ0n) is 14.5. The number of carbonyl (C=O) groups is 1. The zero-order valence-corrected chi connectivity index (χ0v) is 15.3. The Hall–Kier alpha value is -1.07. The maximum Gasteiger partial charge on any atom is 0.220 e. The first-order valence-electron chi connectivity index (χ1n) is 8.59. The van der Waals surface area contributed by atoms with Gasteiger partial charge in [-0.25, -0.2) is 0 Å². The number of hydrogen-bond donors (Lipinski definition) is 2. The minimum Gasteiger partial charge on any atom is -0.361 e. The molecule has 1 saturated heterocycles. The number of nitrogens with zero attached hydrogens (tertiary/aromatic N) is 1. The Bertz CT molecular complexity index is 463. The lowest BCUT2D eigenvalue weighted by Gasteiger charge is -2.27. The topological polar surface area (TPSA) is 67.2 Å². The van der Waals surface area contributed by atoms with Crippen molar-refractivity contribution in [3.8, 4) is 0 Å². The Morgan fingerprint density at radius 1 is 1.35 bits per heavy atom. The van der Waals surface area contributed by atoms with Crippen LogP contribution in [0, 0.1) is 11.8 Å². The second-order valence-electron chi connectivity index (χ2n) is 6.28. The highest BCUT2D eigenvalue weighted by Gasteiger charge is 2.22. The van der Waals surface area contributed by atoms with Gasteiger partial charge in [-0.2, -0.15) is 0 Å². The van der Waals surface area contributed by atoms with Crippen LogP contribution < -0.4 is 10.6 Å². The van der Waals surface area contributed by atoms with E-state index >= 15 is 0 Å². The maximum absolute atomic E-state index is 12.2. The molecule has 6 heteroatoms. The number of nitrogens with one attached hydrogen (secondary N) is 2. The van der Waals surface area contributed by atoms with E-state index in [1.165, 1.54) is 12.8 Å². The molecular weight excluding hydrogens is 314 g/mol. The lowest BCUT2D eigenvalue weighted by atomic mass is 9.84. The molecule has 0 saturated carbocycles. The van der Waals surface area contributed by atoms with Crippen LogP contribution in [-0.4, -0.2) is 24.2 Å². The van der Waals surface area contributed by atoms with Crippen LogP contribution in [0.2, 0.25) is 0 Å². The van der Waals surface area contributed by atoms with Crippen LogP contribution in [-0.2, 0) is 24.2 Å². The molecule has 1 amide bonds. The van der Waals surface area contributed by atoms with E-state index in [-0.39, 0.29) is 18.3 Å². The van der Waals surface area contributed by atoms with Crippen molar-refractivity contribution in [2.24, 2.45) is 11.8 Å². The van der Waals surface area contributed by atoms with E-state index in [1.54, 1.807) is 0 Å². The molecule has 132 valence electrons. The average Bonchev–Trinajstić information content (AvgIpc) is 2.95. The van der Waals surface area contributed by atoms with Gasteiger partial charge in [0.25, 0.3) is 0 Å². The fourth-order valence-electron chi connectivity index (χ4n) is 3.27. The van der Waals surface area contributed by atoms with Crippen LogP contribution >= 0.6 is 12.4 Å². The molecule has 1 aromatic rings. The highest BCUT2D eigenvalue weighted by molar-refractivity contribution is 5.85. The van der Waals surface area contributed by atoms with Crippen molar-refractivity contribution >= 4 is 18.3 Å². The van der Waals surface area contributed by atoms with Crippen LogP contribution in [0.15, 0.2) is 4.52 Å². The maximum atomic E-state index is 12.2. The highest BCUT2D eigenvalue weighted by Crippen LogP contribution is 2.24. The molecule has 1 atom stereocenters. The van der Waals surface area contributed by atoms with Crippen LogP contribution in [0.25, 0.3) is 0 Å². The monoisotopic (exact) mass is 343 g/mol. The number of hydrogen-bond acceptors (Lipinski definition) is 4. The number of halogens is 1. The van der Waals surface area contributed by atoms with Gasteiger partial charge >= 0.3 is 0 Å². The molecular formula is C17H30ClN3O2. The van der Waals surface area contributed by atoms with Crippen molar-refractivity contribution in [1.29, 1.82) is 0 Å². The number of rotatable bonds is 7. The summed E-state index contributed by atoms with van der Waals surface area (Å²) in [5, 5.41) is 10.5. The largest absolute Gasteiger partial charge is 0.361 e. The first-order chi connectivity index (χ1) is 10.7.